The summed E-state index contributed by atoms with van der Waals surface area (Å²) in [6.45, 7) is 3.60. The highest BCUT2D eigenvalue weighted by molar-refractivity contribution is 5.94. The molecule has 0 spiro atoms. The van der Waals surface area contributed by atoms with E-state index in [0.29, 0.717) is 5.56 Å². The van der Waals surface area contributed by atoms with Crippen molar-refractivity contribution in [3.63, 3.8) is 0 Å². The van der Waals surface area contributed by atoms with E-state index in [1.54, 1.807) is 19.1 Å². The van der Waals surface area contributed by atoms with Crippen LogP contribution < -0.4 is 5.32 Å². The number of benzene rings is 1. The van der Waals surface area contributed by atoms with Gasteiger partial charge in [-0.15, -0.1) is 0 Å². The van der Waals surface area contributed by atoms with Crippen LogP contribution in [0.15, 0.2) is 24.3 Å². The standard InChI is InChI=1S/C11H12N2O/c1-8-3-5-10(6-4-8)11(14)13-9(2)7-12/h3-6,9H,1-2H3,(H,13,14). The second-order valence-corrected chi connectivity index (χ2v) is 3.19. The quantitative estimate of drug-likeness (QED) is 0.767. The Morgan fingerprint density at radius 2 is 2.00 bits per heavy atom. The van der Waals surface area contributed by atoms with Gasteiger partial charge in [0, 0.05) is 5.56 Å². The van der Waals surface area contributed by atoms with Gasteiger partial charge in [0.25, 0.3) is 5.91 Å². The highest BCUT2D eigenvalue weighted by Gasteiger charge is 2.07. The summed E-state index contributed by atoms with van der Waals surface area (Å²) in [5.41, 5.74) is 1.69. The molecular formula is C11H12N2O. The van der Waals surface area contributed by atoms with E-state index in [1.807, 2.05) is 25.1 Å². The number of hydrogen-bond acceptors (Lipinski definition) is 2. The SMILES string of the molecule is Cc1ccc(C(=O)NC(C)C#N)cc1. The molecule has 0 aromatic heterocycles. The molecule has 0 heterocycles. The summed E-state index contributed by atoms with van der Waals surface area (Å²) >= 11 is 0. The highest BCUT2D eigenvalue weighted by Crippen LogP contribution is 2.02. The summed E-state index contributed by atoms with van der Waals surface area (Å²) in [4.78, 5) is 11.5. The molecular weight excluding hydrogens is 176 g/mol. The van der Waals surface area contributed by atoms with Crippen LogP contribution in [-0.2, 0) is 0 Å². The molecule has 0 aliphatic carbocycles. The molecule has 0 saturated heterocycles. The van der Waals surface area contributed by atoms with Gasteiger partial charge in [0.1, 0.15) is 6.04 Å². The zero-order valence-electron chi connectivity index (χ0n) is 8.24. The van der Waals surface area contributed by atoms with Crippen LogP contribution in [0.2, 0.25) is 0 Å². The van der Waals surface area contributed by atoms with Gasteiger partial charge in [0.15, 0.2) is 0 Å². The second-order valence-electron chi connectivity index (χ2n) is 3.19. The molecule has 1 atom stereocenters. The van der Waals surface area contributed by atoms with Crippen LogP contribution in [0.5, 0.6) is 0 Å². The molecule has 0 saturated carbocycles. The molecule has 3 heteroatoms. The topological polar surface area (TPSA) is 52.9 Å². The third-order valence-corrected chi connectivity index (χ3v) is 1.86. The highest BCUT2D eigenvalue weighted by atomic mass is 16.1. The Morgan fingerprint density at radius 3 is 2.50 bits per heavy atom. The molecule has 1 aromatic rings. The normalized spacial score (nSPS) is 11.5. The molecule has 1 aromatic carbocycles. The molecule has 1 rings (SSSR count). The van der Waals surface area contributed by atoms with Gasteiger partial charge in [-0.3, -0.25) is 4.79 Å². The van der Waals surface area contributed by atoms with Crippen LogP contribution in [0.4, 0.5) is 0 Å². The van der Waals surface area contributed by atoms with Crippen molar-refractivity contribution in [3.8, 4) is 6.07 Å². The van der Waals surface area contributed by atoms with Gasteiger partial charge in [0.2, 0.25) is 0 Å². The molecule has 1 amide bonds. The Bertz CT molecular complexity index is 362. The first-order valence-corrected chi connectivity index (χ1v) is 4.40. The lowest BCUT2D eigenvalue weighted by Gasteiger charge is -2.06. The molecule has 3 nitrogen and oxygen atoms in total. The Labute approximate surface area is 83.4 Å². The summed E-state index contributed by atoms with van der Waals surface area (Å²) in [5.74, 6) is -0.209. The maximum Gasteiger partial charge on any atom is 0.252 e. The van der Waals surface area contributed by atoms with E-state index in [-0.39, 0.29) is 5.91 Å². The fourth-order valence-electron chi connectivity index (χ4n) is 1.02. The van der Waals surface area contributed by atoms with E-state index in [0.717, 1.165) is 5.56 Å². The van der Waals surface area contributed by atoms with Crippen LogP contribution in [0.25, 0.3) is 0 Å². The number of amides is 1. The monoisotopic (exact) mass is 188 g/mol. The van der Waals surface area contributed by atoms with E-state index in [1.165, 1.54) is 0 Å². The molecule has 0 bridgehead atoms. The fraction of sp³-hybridized carbons (Fsp3) is 0.273. The first-order valence-electron chi connectivity index (χ1n) is 4.40. The Morgan fingerprint density at radius 1 is 1.43 bits per heavy atom. The molecule has 0 aliphatic rings. The predicted molar refractivity (Wildman–Crippen MR) is 53.7 cm³/mol. The Kier molecular flexibility index (Phi) is 3.24. The number of nitrogens with zero attached hydrogens (tertiary/aromatic N) is 1. The van der Waals surface area contributed by atoms with Gasteiger partial charge in [-0.25, -0.2) is 0 Å². The van der Waals surface area contributed by atoms with Crippen molar-refractivity contribution in [3.05, 3.63) is 35.4 Å². The van der Waals surface area contributed by atoms with Gasteiger partial charge in [0.05, 0.1) is 6.07 Å². The van der Waals surface area contributed by atoms with Crippen molar-refractivity contribution in [2.24, 2.45) is 0 Å². The van der Waals surface area contributed by atoms with Crippen LogP contribution in [0.1, 0.15) is 22.8 Å². The first-order chi connectivity index (χ1) is 6.63. The molecule has 14 heavy (non-hydrogen) atoms. The Balaban J connectivity index is 2.71. The van der Waals surface area contributed by atoms with Crippen LogP contribution in [-0.4, -0.2) is 11.9 Å². The number of carbonyl (C=O) groups is 1. The molecule has 0 radical (unpaired) electrons. The molecule has 0 fully saturated rings. The maximum atomic E-state index is 11.5. The van der Waals surface area contributed by atoms with Crippen LogP contribution in [0.3, 0.4) is 0 Å². The summed E-state index contributed by atoms with van der Waals surface area (Å²) in [5, 5.41) is 11.1. The largest absolute Gasteiger partial charge is 0.337 e. The number of nitriles is 1. The smallest absolute Gasteiger partial charge is 0.252 e. The van der Waals surface area contributed by atoms with Crippen molar-refractivity contribution in [1.82, 2.24) is 5.32 Å². The zero-order chi connectivity index (χ0) is 10.6. The van der Waals surface area contributed by atoms with Crippen molar-refractivity contribution in [1.29, 1.82) is 5.26 Å². The minimum atomic E-state index is -0.455. The van der Waals surface area contributed by atoms with Crippen molar-refractivity contribution in [2.75, 3.05) is 0 Å². The third-order valence-electron chi connectivity index (χ3n) is 1.86. The summed E-state index contributed by atoms with van der Waals surface area (Å²) in [6, 6.07) is 8.71. The first kappa shape index (κ1) is 10.3. The number of aryl methyl sites for hydroxylation is 1. The second kappa shape index (κ2) is 4.43. The van der Waals surface area contributed by atoms with Crippen molar-refractivity contribution < 1.29 is 4.79 Å². The van der Waals surface area contributed by atoms with E-state index in [4.69, 9.17) is 5.26 Å². The summed E-state index contributed by atoms with van der Waals surface area (Å²) in [7, 11) is 0. The van der Waals surface area contributed by atoms with Crippen molar-refractivity contribution >= 4 is 5.91 Å². The van der Waals surface area contributed by atoms with E-state index in [9.17, 15) is 4.79 Å². The van der Waals surface area contributed by atoms with Gasteiger partial charge < -0.3 is 5.32 Å². The van der Waals surface area contributed by atoms with Gasteiger partial charge in [-0.1, -0.05) is 17.7 Å². The number of rotatable bonds is 2. The average Bonchev–Trinajstić information content (AvgIpc) is 2.18. The van der Waals surface area contributed by atoms with Gasteiger partial charge in [-0.2, -0.15) is 5.26 Å². The van der Waals surface area contributed by atoms with E-state index < -0.39 is 6.04 Å². The van der Waals surface area contributed by atoms with Crippen LogP contribution >= 0.6 is 0 Å². The molecule has 1 unspecified atom stereocenters. The lowest BCUT2D eigenvalue weighted by atomic mass is 10.1. The number of nitrogens with one attached hydrogen (secondary N) is 1. The lowest BCUT2D eigenvalue weighted by Crippen LogP contribution is -2.31. The zero-order valence-corrected chi connectivity index (χ0v) is 8.24. The summed E-state index contributed by atoms with van der Waals surface area (Å²) < 4.78 is 0. The third kappa shape index (κ3) is 2.60. The maximum absolute atomic E-state index is 11.5. The van der Waals surface area contributed by atoms with Gasteiger partial charge >= 0.3 is 0 Å². The number of hydrogen-bond donors (Lipinski definition) is 1. The predicted octanol–water partition coefficient (Wildman–Crippen LogP) is 1.64. The summed E-state index contributed by atoms with van der Waals surface area (Å²) in [6.07, 6.45) is 0. The van der Waals surface area contributed by atoms with E-state index >= 15 is 0 Å². The minimum Gasteiger partial charge on any atom is -0.337 e. The molecule has 1 N–H and O–H groups in total. The van der Waals surface area contributed by atoms with Crippen LogP contribution in [0, 0.1) is 18.3 Å². The average molecular weight is 188 g/mol. The Hall–Kier alpha value is -1.82. The fourth-order valence-corrected chi connectivity index (χ4v) is 1.02. The molecule has 0 aliphatic heterocycles. The number of carbonyl (C=O) groups excluding carboxylic acids is 1. The lowest BCUT2D eigenvalue weighted by molar-refractivity contribution is 0.0948. The van der Waals surface area contributed by atoms with Crippen molar-refractivity contribution in [2.45, 2.75) is 19.9 Å². The molecule has 72 valence electrons. The van der Waals surface area contributed by atoms with E-state index in [2.05, 4.69) is 5.32 Å². The minimum absolute atomic E-state index is 0.209. The van der Waals surface area contributed by atoms with Gasteiger partial charge in [-0.05, 0) is 26.0 Å².